The van der Waals surface area contributed by atoms with Gasteiger partial charge in [0.25, 0.3) is 0 Å². The van der Waals surface area contributed by atoms with Crippen LogP contribution in [0.5, 0.6) is 0 Å². The summed E-state index contributed by atoms with van der Waals surface area (Å²) in [4.78, 5) is 8.87. The molecule has 0 spiro atoms. The molecular weight excluding hydrogens is 238 g/mol. The van der Waals surface area contributed by atoms with E-state index in [1.807, 2.05) is 0 Å². The van der Waals surface area contributed by atoms with Crippen molar-refractivity contribution in [3.63, 3.8) is 0 Å². The number of rotatable bonds is 3. The molecule has 19 heavy (non-hydrogen) atoms. The quantitative estimate of drug-likeness (QED) is 0.820. The van der Waals surface area contributed by atoms with E-state index in [1.165, 1.54) is 30.5 Å². The lowest BCUT2D eigenvalue weighted by Crippen LogP contribution is -2.15. The van der Waals surface area contributed by atoms with Gasteiger partial charge in [-0.3, -0.25) is 0 Å². The molecule has 2 atom stereocenters. The summed E-state index contributed by atoms with van der Waals surface area (Å²) in [6, 6.07) is 0. The monoisotopic (exact) mass is 261 g/mol. The fraction of sp³-hybridized carbons (Fsp3) is 0.733. The second-order valence-electron chi connectivity index (χ2n) is 5.92. The molecule has 1 aromatic heterocycles. The molecule has 2 aliphatic rings. The van der Waals surface area contributed by atoms with E-state index in [1.54, 1.807) is 6.33 Å². The highest BCUT2D eigenvalue weighted by atomic mass is 16.3. The van der Waals surface area contributed by atoms with Crippen LogP contribution in [0.1, 0.15) is 49.8 Å². The maximum absolute atomic E-state index is 9.57. The molecule has 2 unspecified atom stereocenters. The van der Waals surface area contributed by atoms with E-state index >= 15 is 0 Å². The molecule has 0 aliphatic heterocycles. The summed E-state index contributed by atoms with van der Waals surface area (Å²) in [5, 5.41) is 13.1. The normalized spacial score (nSPS) is 26.8. The molecule has 0 radical (unpaired) electrons. The predicted molar refractivity (Wildman–Crippen MR) is 75.1 cm³/mol. The van der Waals surface area contributed by atoms with Crippen molar-refractivity contribution in [2.45, 2.75) is 57.5 Å². The van der Waals surface area contributed by atoms with Gasteiger partial charge in [-0.15, -0.1) is 0 Å². The van der Waals surface area contributed by atoms with Crippen LogP contribution in [0.3, 0.4) is 0 Å². The van der Waals surface area contributed by atoms with Gasteiger partial charge in [0.1, 0.15) is 12.1 Å². The first kappa shape index (κ1) is 12.9. The number of anilines is 1. The third-order valence-corrected chi connectivity index (χ3v) is 4.45. The number of fused-ring (bicyclic) bond motifs is 1. The first-order valence-electron chi connectivity index (χ1n) is 7.57. The molecule has 1 aromatic rings. The molecule has 4 nitrogen and oxygen atoms in total. The van der Waals surface area contributed by atoms with Gasteiger partial charge in [-0.1, -0.05) is 6.42 Å². The van der Waals surface area contributed by atoms with E-state index in [2.05, 4.69) is 15.3 Å². The predicted octanol–water partition coefficient (Wildman–Crippen LogP) is 2.32. The first-order chi connectivity index (χ1) is 9.33. The van der Waals surface area contributed by atoms with E-state index in [0.29, 0.717) is 5.92 Å². The Bertz CT molecular complexity index is 435. The molecule has 3 rings (SSSR count). The van der Waals surface area contributed by atoms with Crippen LogP contribution in [0, 0.1) is 5.92 Å². The van der Waals surface area contributed by atoms with E-state index in [-0.39, 0.29) is 6.10 Å². The average Bonchev–Trinajstić information content (AvgIpc) is 2.69. The van der Waals surface area contributed by atoms with Crippen LogP contribution in [0.25, 0.3) is 0 Å². The van der Waals surface area contributed by atoms with Crippen LogP contribution in [-0.4, -0.2) is 27.7 Å². The van der Waals surface area contributed by atoms with Crippen LogP contribution >= 0.6 is 0 Å². The lowest BCUT2D eigenvalue weighted by atomic mass is 10.1. The number of nitrogens with zero attached hydrogens (tertiary/aromatic N) is 2. The van der Waals surface area contributed by atoms with Crippen molar-refractivity contribution in [3.8, 4) is 0 Å². The standard InChI is InChI=1S/C15H23N3O/c19-12-7-6-11(8-12)9-16-15-13-4-2-1-3-5-14(13)17-10-18-15/h10-12,19H,1-9H2,(H,16,17,18). The Morgan fingerprint density at radius 3 is 2.89 bits per heavy atom. The summed E-state index contributed by atoms with van der Waals surface area (Å²) in [5.41, 5.74) is 2.57. The Kier molecular flexibility index (Phi) is 3.97. The summed E-state index contributed by atoms with van der Waals surface area (Å²) < 4.78 is 0. The zero-order chi connectivity index (χ0) is 13.1. The molecule has 0 saturated heterocycles. The summed E-state index contributed by atoms with van der Waals surface area (Å²) in [5.74, 6) is 1.62. The highest BCUT2D eigenvalue weighted by Gasteiger charge is 2.23. The Hall–Kier alpha value is -1.16. The molecule has 4 heteroatoms. The van der Waals surface area contributed by atoms with E-state index in [9.17, 15) is 5.11 Å². The topological polar surface area (TPSA) is 58.0 Å². The SMILES string of the molecule is OC1CCC(CNc2ncnc3c2CCCCC3)C1. The summed E-state index contributed by atoms with van der Waals surface area (Å²) in [6.07, 6.45) is 10.6. The van der Waals surface area contributed by atoms with Gasteiger partial charge in [0.15, 0.2) is 0 Å². The Labute approximate surface area is 114 Å². The van der Waals surface area contributed by atoms with Gasteiger partial charge >= 0.3 is 0 Å². The molecule has 1 heterocycles. The maximum atomic E-state index is 9.57. The molecule has 0 aromatic carbocycles. The smallest absolute Gasteiger partial charge is 0.132 e. The number of hydrogen-bond acceptors (Lipinski definition) is 4. The Morgan fingerprint density at radius 1 is 1.16 bits per heavy atom. The van der Waals surface area contributed by atoms with E-state index in [4.69, 9.17) is 0 Å². The van der Waals surface area contributed by atoms with Crippen LogP contribution in [-0.2, 0) is 12.8 Å². The van der Waals surface area contributed by atoms with Crippen molar-refractivity contribution >= 4 is 5.82 Å². The zero-order valence-corrected chi connectivity index (χ0v) is 11.4. The third kappa shape index (κ3) is 3.06. The van der Waals surface area contributed by atoms with Gasteiger partial charge in [0.2, 0.25) is 0 Å². The zero-order valence-electron chi connectivity index (χ0n) is 11.4. The Balaban J connectivity index is 1.67. The third-order valence-electron chi connectivity index (χ3n) is 4.45. The molecular formula is C15H23N3O. The van der Waals surface area contributed by atoms with Crippen molar-refractivity contribution < 1.29 is 5.11 Å². The van der Waals surface area contributed by atoms with Crippen molar-refractivity contribution in [2.75, 3.05) is 11.9 Å². The minimum Gasteiger partial charge on any atom is -0.393 e. The summed E-state index contributed by atoms with van der Waals surface area (Å²) in [7, 11) is 0. The van der Waals surface area contributed by atoms with Gasteiger partial charge in [0, 0.05) is 17.8 Å². The van der Waals surface area contributed by atoms with Crippen LogP contribution in [0.2, 0.25) is 0 Å². The van der Waals surface area contributed by atoms with Crippen molar-refractivity contribution in [3.05, 3.63) is 17.6 Å². The van der Waals surface area contributed by atoms with E-state index < -0.39 is 0 Å². The number of hydrogen-bond donors (Lipinski definition) is 2. The van der Waals surface area contributed by atoms with Gasteiger partial charge in [-0.05, 0) is 50.9 Å². The summed E-state index contributed by atoms with van der Waals surface area (Å²) >= 11 is 0. The minimum atomic E-state index is -0.0886. The lowest BCUT2D eigenvalue weighted by molar-refractivity contribution is 0.178. The molecule has 2 aliphatic carbocycles. The fourth-order valence-electron chi connectivity index (χ4n) is 3.33. The minimum absolute atomic E-state index is 0.0886. The molecule has 0 amide bonds. The Morgan fingerprint density at radius 2 is 2.05 bits per heavy atom. The number of aryl methyl sites for hydroxylation is 1. The van der Waals surface area contributed by atoms with Crippen LogP contribution in [0.15, 0.2) is 6.33 Å². The maximum Gasteiger partial charge on any atom is 0.132 e. The number of aliphatic hydroxyl groups is 1. The lowest BCUT2D eigenvalue weighted by Gasteiger charge is -2.15. The number of aromatic nitrogens is 2. The fourth-order valence-corrected chi connectivity index (χ4v) is 3.33. The molecule has 1 saturated carbocycles. The van der Waals surface area contributed by atoms with E-state index in [0.717, 1.165) is 44.5 Å². The molecule has 104 valence electrons. The molecule has 0 bridgehead atoms. The van der Waals surface area contributed by atoms with Gasteiger partial charge in [-0.2, -0.15) is 0 Å². The number of aliphatic hydroxyl groups excluding tert-OH is 1. The summed E-state index contributed by atoms with van der Waals surface area (Å²) in [6.45, 7) is 0.931. The van der Waals surface area contributed by atoms with Crippen molar-refractivity contribution in [1.29, 1.82) is 0 Å². The molecule has 2 N–H and O–H groups in total. The number of nitrogens with one attached hydrogen (secondary N) is 1. The van der Waals surface area contributed by atoms with Gasteiger partial charge in [0.05, 0.1) is 6.10 Å². The van der Waals surface area contributed by atoms with Crippen molar-refractivity contribution in [2.24, 2.45) is 5.92 Å². The first-order valence-corrected chi connectivity index (χ1v) is 7.57. The van der Waals surface area contributed by atoms with Gasteiger partial charge < -0.3 is 10.4 Å². The van der Waals surface area contributed by atoms with Crippen molar-refractivity contribution in [1.82, 2.24) is 9.97 Å². The highest BCUT2D eigenvalue weighted by Crippen LogP contribution is 2.27. The average molecular weight is 261 g/mol. The largest absolute Gasteiger partial charge is 0.393 e. The van der Waals surface area contributed by atoms with Gasteiger partial charge in [-0.25, -0.2) is 9.97 Å². The van der Waals surface area contributed by atoms with Crippen LogP contribution < -0.4 is 5.32 Å². The second-order valence-corrected chi connectivity index (χ2v) is 5.92. The second kappa shape index (κ2) is 5.87. The highest BCUT2D eigenvalue weighted by molar-refractivity contribution is 5.46. The molecule has 1 fully saturated rings. The van der Waals surface area contributed by atoms with Crippen LogP contribution in [0.4, 0.5) is 5.82 Å².